The number of nitrogens with one attached hydrogen (secondary N) is 1. The fourth-order valence-corrected chi connectivity index (χ4v) is 1.70. The Morgan fingerprint density at radius 2 is 1.60 bits per heavy atom. The van der Waals surface area contributed by atoms with Crippen molar-refractivity contribution in [3.05, 3.63) is 59.7 Å². The molecule has 0 atom stereocenters. The van der Waals surface area contributed by atoms with Gasteiger partial charge in [0.2, 0.25) is 0 Å². The Kier molecular flexibility index (Phi) is 6.47. The van der Waals surface area contributed by atoms with Crippen molar-refractivity contribution >= 4 is 5.84 Å². The van der Waals surface area contributed by atoms with Gasteiger partial charge in [-0.3, -0.25) is 5.41 Å². The molecule has 0 unspecified atom stereocenters. The molecule has 0 saturated heterocycles. The van der Waals surface area contributed by atoms with E-state index in [9.17, 15) is 0 Å². The third kappa shape index (κ3) is 4.52. The molecule has 0 aliphatic rings. The summed E-state index contributed by atoms with van der Waals surface area (Å²) in [5, 5.41) is 7.55. The van der Waals surface area contributed by atoms with E-state index in [4.69, 9.17) is 16.9 Å². The van der Waals surface area contributed by atoms with Crippen molar-refractivity contribution in [1.82, 2.24) is 0 Å². The number of benzene rings is 2. The number of hydrogen-bond donors (Lipinski definition) is 3. The van der Waals surface area contributed by atoms with Gasteiger partial charge in [0, 0.05) is 5.56 Å². The van der Waals surface area contributed by atoms with Gasteiger partial charge >= 0.3 is 0 Å². The first-order valence-electron chi connectivity index (χ1n) is 6.80. The van der Waals surface area contributed by atoms with Gasteiger partial charge in [0.15, 0.2) is 0 Å². The van der Waals surface area contributed by atoms with E-state index < -0.39 is 0 Å². The molecule has 0 aliphatic heterocycles. The number of aryl methyl sites for hydroxylation is 1. The summed E-state index contributed by atoms with van der Waals surface area (Å²) in [6.07, 6.45) is 1.10. The van der Waals surface area contributed by atoms with Gasteiger partial charge in [-0.05, 0) is 31.0 Å². The maximum absolute atomic E-state index is 7.55. The first kappa shape index (κ1) is 15.9. The Hall–Kier alpha value is -2.13. The average Bonchev–Trinajstić information content (AvgIpc) is 2.48. The van der Waals surface area contributed by atoms with Crippen LogP contribution in [0.1, 0.15) is 24.5 Å². The molecule has 0 heterocycles. The highest BCUT2D eigenvalue weighted by molar-refractivity contribution is 6.01. The lowest BCUT2D eigenvalue weighted by molar-refractivity contribution is 0.932. The molecule has 0 bridgehead atoms. The molecule has 2 aromatic carbocycles. The van der Waals surface area contributed by atoms with Crippen LogP contribution in [0.3, 0.4) is 0 Å². The fourth-order valence-electron chi connectivity index (χ4n) is 1.70. The van der Waals surface area contributed by atoms with Crippen molar-refractivity contribution in [3.63, 3.8) is 0 Å². The predicted octanol–water partition coefficient (Wildman–Crippen LogP) is 3.30. The molecule has 0 fully saturated rings. The van der Waals surface area contributed by atoms with E-state index in [2.05, 4.69) is 38.1 Å². The zero-order chi connectivity index (χ0) is 15.0. The summed E-state index contributed by atoms with van der Waals surface area (Å²) in [4.78, 5) is 0. The lowest BCUT2D eigenvalue weighted by Gasteiger charge is -2.08. The molecular formula is C17H23N3. The summed E-state index contributed by atoms with van der Waals surface area (Å²) in [6, 6.07) is 15.9. The van der Waals surface area contributed by atoms with Crippen molar-refractivity contribution in [2.45, 2.75) is 20.3 Å². The zero-order valence-electron chi connectivity index (χ0n) is 12.2. The van der Waals surface area contributed by atoms with Crippen LogP contribution in [-0.2, 0) is 0 Å². The minimum Gasteiger partial charge on any atom is -0.384 e. The molecule has 3 nitrogen and oxygen atoms in total. The van der Waals surface area contributed by atoms with Gasteiger partial charge in [-0.1, -0.05) is 61.0 Å². The van der Waals surface area contributed by atoms with Crippen molar-refractivity contribution < 1.29 is 0 Å². The fraction of sp³-hybridized carbons (Fsp3) is 0.235. The van der Waals surface area contributed by atoms with E-state index >= 15 is 0 Å². The number of nitrogens with two attached hydrogens (primary N) is 2. The standard InChI is InChI=1S/C14H14N2.C3H9N/c1-10-6-8-11(9-7-10)12-4-2-3-5-13(12)14(15)16;1-2-3-4/h2-9H,1H3,(H3,15,16);2-4H2,1H3. The smallest absolute Gasteiger partial charge is 0.123 e. The quantitative estimate of drug-likeness (QED) is 0.590. The normalized spacial score (nSPS) is 9.55. The zero-order valence-corrected chi connectivity index (χ0v) is 12.2. The highest BCUT2D eigenvalue weighted by atomic mass is 14.7. The molecule has 0 saturated carbocycles. The van der Waals surface area contributed by atoms with E-state index in [1.54, 1.807) is 0 Å². The molecule has 106 valence electrons. The summed E-state index contributed by atoms with van der Waals surface area (Å²) in [5.41, 5.74) is 14.7. The van der Waals surface area contributed by atoms with Gasteiger partial charge in [0.05, 0.1) is 0 Å². The largest absolute Gasteiger partial charge is 0.384 e. The molecule has 0 spiro atoms. The second-order valence-corrected chi connectivity index (χ2v) is 4.61. The Morgan fingerprint density at radius 1 is 1.05 bits per heavy atom. The Bertz CT molecular complexity index is 542. The number of rotatable bonds is 3. The van der Waals surface area contributed by atoms with Gasteiger partial charge in [-0.25, -0.2) is 0 Å². The summed E-state index contributed by atoms with van der Waals surface area (Å²) in [7, 11) is 0. The maximum Gasteiger partial charge on any atom is 0.123 e. The molecule has 0 radical (unpaired) electrons. The van der Waals surface area contributed by atoms with E-state index in [1.165, 1.54) is 5.56 Å². The van der Waals surface area contributed by atoms with E-state index in [0.717, 1.165) is 29.7 Å². The molecule has 3 heteroatoms. The molecule has 0 amide bonds. The predicted molar refractivity (Wildman–Crippen MR) is 87.0 cm³/mol. The molecular weight excluding hydrogens is 246 g/mol. The third-order valence-corrected chi connectivity index (χ3v) is 2.87. The second-order valence-electron chi connectivity index (χ2n) is 4.61. The van der Waals surface area contributed by atoms with Gasteiger partial charge < -0.3 is 11.5 Å². The summed E-state index contributed by atoms with van der Waals surface area (Å²) >= 11 is 0. The summed E-state index contributed by atoms with van der Waals surface area (Å²) in [5.74, 6) is 0.108. The van der Waals surface area contributed by atoms with E-state index in [1.807, 2.05) is 24.3 Å². The molecule has 5 N–H and O–H groups in total. The summed E-state index contributed by atoms with van der Waals surface area (Å²) < 4.78 is 0. The Labute approximate surface area is 121 Å². The van der Waals surface area contributed by atoms with Crippen LogP contribution < -0.4 is 11.5 Å². The SMILES string of the molecule is CCCN.Cc1ccc(-c2ccccc2C(=N)N)cc1. The van der Waals surface area contributed by atoms with Crippen molar-refractivity contribution in [1.29, 1.82) is 5.41 Å². The van der Waals surface area contributed by atoms with Crippen molar-refractivity contribution in [2.75, 3.05) is 6.54 Å². The number of nitrogen functional groups attached to an aromatic ring is 1. The number of hydrogen-bond acceptors (Lipinski definition) is 2. The molecule has 2 rings (SSSR count). The molecule has 20 heavy (non-hydrogen) atoms. The van der Waals surface area contributed by atoms with Crippen LogP contribution in [0, 0.1) is 12.3 Å². The first-order chi connectivity index (χ1) is 9.60. The molecule has 0 aromatic heterocycles. The monoisotopic (exact) mass is 269 g/mol. The molecule has 2 aromatic rings. The highest BCUT2D eigenvalue weighted by Gasteiger charge is 2.05. The Morgan fingerprint density at radius 3 is 2.10 bits per heavy atom. The van der Waals surface area contributed by atoms with Gasteiger partial charge in [-0.2, -0.15) is 0 Å². The molecule has 0 aliphatic carbocycles. The first-order valence-corrected chi connectivity index (χ1v) is 6.80. The van der Waals surface area contributed by atoms with Crippen molar-refractivity contribution in [3.8, 4) is 11.1 Å². The van der Waals surface area contributed by atoms with Crippen LogP contribution in [0.15, 0.2) is 48.5 Å². The lowest BCUT2D eigenvalue weighted by Crippen LogP contribution is -2.12. The maximum atomic E-state index is 7.55. The van der Waals surface area contributed by atoms with Crippen LogP contribution in [0.2, 0.25) is 0 Å². The highest BCUT2D eigenvalue weighted by Crippen LogP contribution is 2.23. The van der Waals surface area contributed by atoms with Gasteiger partial charge in [-0.15, -0.1) is 0 Å². The Balaban J connectivity index is 0.000000444. The van der Waals surface area contributed by atoms with E-state index in [-0.39, 0.29) is 5.84 Å². The van der Waals surface area contributed by atoms with Crippen LogP contribution in [0.5, 0.6) is 0 Å². The minimum absolute atomic E-state index is 0.108. The second kappa shape index (κ2) is 8.12. The average molecular weight is 269 g/mol. The van der Waals surface area contributed by atoms with Gasteiger partial charge in [0.25, 0.3) is 0 Å². The van der Waals surface area contributed by atoms with Crippen LogP contribution >= 0.6 is 0 Å². The topological polar surface area (TPSA) is 75.9 Å². The minimum atomic E-state index is 0.108. The van der Waals surface area contributed by atoms with E-state index in [0.29, 0.717) is 0 Å². The number of amidine groups is 1. The third-order valence-electron chi connectivity index (χ3n) is 2.87. The lowest BCUT2D eigenvalue weighted by atomic mass is 9.98. The van der Waals surface area contributed by atoms with Gasteiger partial charge in [0.1, 0.15) is 5.84 Å². The van der Waals surface area contributed by atoms with Crippen molar-refractivity contribution in [2.24, 2.45) is 11.5 Å². The van der Waals surface area contributed by atoms with Crippen LogP contribution in [-0.4, -0.2) is 12.4 Å². The summed E-state index contributed by atoms with van der Waals surface area (Å²) in [6.45, 7) is 4.93. The van der Waals surface area contributed by atoms with Crippen LogP contribution in [0.4, 0.5) is 0 Å². The van der Waals surface area contributed by atoms with Crippen LogP contribution in [0.25, 0.3) is 11.1 Å².